The second kappa shape index (κ2) is 6.06. The summed E-state index contributed by atoms with van der Waals surface area (Å²) in [5, 5.41) is 5.58. The molecule has 17 heavy (non-hydrogen) atoms. The summed E-state index contributed by atoms with van der Waals surface area (Å²) in [6.07, 6.45) is 0. The summed E-state index contributed by atoms with van der Waals surface area (Å²) in [7, 11) is 0. The Balaban J connectivity index is 2.70. The fraction of sp³-hybridized carbons (Fsp3) is 0.200. The van der Waals surface area contributed by atoms with E-state index >= 15 is 0 Å². The van der Waals surface area contributed by atoms with Crippen molar-refractivity contribution < 1.29 is 9.59 Å². The third kappa shape index (κ3) is 4.39. The first kappa shape index (κ1) is 14.0. The number of rotatable bonds is 3. The zero-order valence-corrected chi connectivity index (χ0v) is 11.9. The number of hydrogen-bond acceptors (Lipinski definition) is 3. The van der Waals surface area contributed by atoms with Crippen LogP contribution in [0.15, 0.2) is 18.2 Å². The second-order valence-corrected chi connectivity index (χ2v) is 4.94. The van der Waals surface area contributed by atoms with E-state index in [9.17, 15) is 9.59 Å². The number of halogens is 2. The monoisotopic (exact) mass is 367 g/mol. The highest BCUT2D eigenvalue weighted by Crippen LogP contribution is 2.22. The minimum Gasteiger partial charge on any atom is -0.373 e. The summed E-state index contributed by atoms with van der Waals surface area (Å²) >= 11 is 7.91. The van der Waals surface area contributed by atoms with Crippen LogP contribution in [0, 0.1) is 3.57 Å². The van der Waals surface area contributed by atoms with Gasteiger partial charge in [-0.15, -0.1) is 0 Å². The lowest BCUT2D eigenvalue weighted by Crippen LogP contribution is -2.43. The van der Waals surface area contributed by atoms with Crippen molar-refractivity contribution in [1.82, 2.24) is 5.32 Å². The molecular weight excluding hydrogens is 356 g/mol. The molecule has 1 aromatic carbocycles. The van der Waals surface area contributed by atoms with Crippen LogP contribution < -0.4 is 16.4 Å². The molecule has 0 bridgehead atoms. The molecule has 5 nitrogen and oxygen atoms in total. The number of primary amides is 1. The van der Waals surface area contributed by atoms with Gasteiger partial charge in [0.15, 0.2) is 0 Å². The number of amides is 3. The number of urea groups is 1. The number of imide groups is 1. The standard InChI is InChI=1S/C10H11ClIN3O2/c1-5(9(16)15-10(13)17)14-8-3-2-6(11)4-7(8)12/h2-5,14H,1H3,(H3,13,15,16,17). The van der Waals surface area contributed by atoms with Gasteiger partial charge in [0.05, 0.1) is 0 Å². The third-order valence-electron chi connectivity index (χ3n) is 1.94. The Morgan fingerprint density at radius 1 is 1.47 bits per heavy atom. The molecular formula is C10H11ClIN3O2. The van der Waals surface area contributed by atoms with Crippen molar-refractivity contribution in [1.29, 1.82) is 0 Å². The van der Waals surface area contributed by atoms with Crippen molar-refractivity contribution in [2.75, 3.05) is 5.32 Å². The largest absolute Gasteiger partial charge is 0.373 e. The van der Waals surface area contributed by atoms with Gasteiger partial charge in [-0.05, 0) is 47.7 Å². The smallest absolute Gasteiger partial charge is 0.318 e. The van der Waals surface area contributed by atoms with Crippen molar-refractivity contribution in [3.8, 4) is 0 Å². The number of nitrogens with one attached hydrogen (secondary N) is 2. The molecule has 0 radical (unpaired) electrons. The summed E-state index contributed by atoms with van der Waals surface area (Å²) in [6, 6.07) is 3.80. The predicted octanol–water partition coefficient (Wildman–Crippen LogP) is 1.94. The molecule has 1 atom stereocenters. The summed E-state index contributed by atoms with van der Waals surface area (Å²) in [5.41, 5.74) is 5.62. The molecule has 0 fully saturated rings. The molecule has 0 aromatic heterocycles. The molecule has 3 amide bonds. The van der Waals surface area contributed by atoms with Gasteiger partial charge in [0.25, 0.3) is 0 Å². The lowest BCUT2D eigenvalue weighted by molar-refractivity contribution is -0.120. The van der Waals surface area contributed by atoms with E-state index in [0.29, 0.717) is 5.02 Å². The van der Waals surface area contributed by atoms with E-state index in [0.717, 1.165) is 9.26 Å². The zero-order valence-electron chi connectivity index (χ0n) is 8.96. The van der Waals surface area contributed by atoms with Crippen molar-refractivity contribution in [2.45, 2.75) is 13.0 Å². The van der Waals surface area contributed by atoms with E-state index in [1.54, 1.807) is 25.1 Å². The first-order valence-electron chi connectivity index (χ1n) is 4.72. The van der Waals surface area contributed by atoms with Crippen molar-refractivity contribution >= 4 is 51.8 Å². The molecule has 0 aliphatic heterocycles. The molecule has 0 aliphatic rings. The highest BCUT2D eigenvalue weighted by atomic mass is 127. The van der Waals surface area contributed by atoms with Gasteiger partial charge in [-0.1, -0.05) is 11.6 Å². The SMILES string of the molecule is CC(Nc1ccc(Cl)cc1I)C(=O)NC(N)=O. The van der Waals surface area contributed by atoms with E-state index in [1.165, 1.54) is 0 Å². The maximum atomic E-state index is 11.4. The predicted molar refractivity (Wildman–Crippen MR) is 75.0 cm³/mol. The van der Waals surface area contributed by atoms with Gasteiger partial charge in [-0.25, -0.2) is 4.79 Å². The van der Waals surface area contributed by atoms with Crippen LogP contribution >= 0.6 is 34.2 Å². The molecule has 92 valence electrons. The van der Waals surface area contributed by atoms with E-state index in [4.69, 9.17) is 17.3 Å². The second-order valence-electron chi connectivity index (χ2n) is 3.34. The van der Waals surface area contributed by atoms with Gasteiger partial charge in [-0.2, -0.15) is 0 Å². The van der Waals surface area contributed by atoms with Crippen molar-refractivity contribution in [2.24, 2.45) is 5.73 Å². The first-order valence-corrected chi connectivity index (χ1v) is 6.17. The molecule has 0 saturated carbocycles. The fourth-order valence-corrected chi connectivity index (χ4v) is 2.16. The Labute approximate surface area is 117 Å². The molecule has 7 heteroatoms. The fourth-order valence-electron chi connectivity index (χ4n) is 1.14. The topological polar surface area (TPSA) is 84.2 Å². The maximum Gasteiger partial charge on any atom is 0.318 e. The number of anilines is 1. The maximum absolute atomic E-state index is 11.4. The number of nitrogens with two attached hydrogens (primary N) is 1. The van der Waals surface area contributed by atoms with Gasteiger partial charge in [0.1, 0.15) is 6.04 Å². The average Bonchev–Trinajstić information content (AvgIpc) is 2.21. The van der Waals surface area contributed by atoms with Crippen LogP contribution in [0.25, 0.3) is 0 Å². The Morgan fingerprint density at radius 2 is 2.12 bits per heavy atom. The molecule has 0 spiro atoms. The van der Waals surface area contributed by atoms with E-state index in [2.05, 4.69) is 27.9 Å². The van der Waals surface area contributed by atoms with Gasteiger partial charge in [0.2, 0.25) is 5.91 Å². The molecule has 0 aliphatic carbocycles. The van der Waals surface area contributed by atoms with Crippen molar-refractivity contribution in [3.63, 3.8) is 0 Å². The highest BCUT2D eigenvalue weighted by Gasteiger charge is 2.15. The summed E-state index contributed by atoms with van der Waals surface area (Å²) in [5.74, 6) is -0.483. The summed E-state index contributed by atoms with van der Waals surface area (Å²) in [4.78, 5) is 22.0. The molecule has 0 saturated heterocycles. The number of benzene rings is 1. The van der Waals surface area contributed by atoms with Gasteiger partial charge in [0, 0.05) is 14.3 Å². The number of hydrogen-bond donors (Lipinski definition) is 3. The first-order chi connectivity index (χ1) is 7.90. The van der Waals surface area contributed by atoms with E-state index < -0.39 is 18.0 Å². The Morgan fingerprint density at radius 3 is 2.65 bits per heavy atom. The lowest BCUT2D eigenvalue weighted by Gasteiger charge is -2.15. The Bertz CT molecular complexity index is 453. The van der Waals surface area contributed by atoms with Crippen LogP contribution in [0.3, 0.4) is 0 Å². The normalized spacial score (nSPS) is 11.7. The molecule has 1 aromatic rings. The third-order valence-corrected chi connectivity index (χ3v) is 3.07. The average molecular weight is 368 g/mol. The number of carbonyl (C=O) groups excluding carboxylic acids is 2. The Kier molecular flexibility index (Phi) is 5.01. The van der Waals surface area contributed by atoms with Crippen LogP contribution in [0.4, 0.5) is 10.5 Å². The molecule has 1 rings (SSSR count). The number of carbonyl (C=O) groups is 2. The highest BCUT2D eigenvalue weighted by molar-refractivity contribution is 14.1. The zero-order chi connectivity index (χ0) is 13.0. The molecule has 4 N–H and O–H groups in total. The minimum absolute atomic E-state index is 0.483. The Hall–Kier alpha value is -1.02. The summed E-state index contributed by atoms with van der Waals surface area (Å²) < 4.78 is 0.883. The quantitative estimate of drug-likeness (QED) is 0.714. The van der Waals surface area contributed by atoms with Crippen molar-refractivity contribution in [3.05, 3.63) is 26.8 Å². The summed E-state index contributed by atoms with van der Waals surface area (Å²) in [6.45, 7) is 1.63. The van der Waals surface area contributed by atoms with Gasteiger partial charge < -0.3 is 11.1 Å². The van der Waals surface area contributed by atoms with Crippen LogP contribution in [0.1, 0.15) is 6.92 Å². The van der Waals surface area contributed by atoms with Gasteiger partial charge in [-0.3, -0.25) is 10.1 Å². The van der Waals surface area contributed by atoms with Crippen LogP contribution in [-0.2, 0) is 4.79 Å². The van der Waals surface area contributed by atoms with Crippen LogP contribution in [0.5, 0.6) is 0 Å². The van der Waals surface area contributed by atoms with Crippen LogP contribution in [-0.4, -0.2) is 18.0 Å². The lowest BCUT2D eigenvalue weighted by atomic mass is 10.2. The van der Waals surface area contributed by atoms with Gasteiger partial charge >= 0.3 is 6.03 Å². The minimum atomic E-state index is -0.866. The van der Waals surface area contributed by atoms with Crippen LogP contribution in [0.2, 0.25) is 5.02 Å². The molecule has 1 unspecified atom stereocenters. The van der Waals surface area contributed by atoms with E-state index in [1.807, 2.05) is 5.32 Å². The molecule has 0 heterocycles. The van der Waals surface area contributed by atoms with E-state index in [-0.39, 0.29) is 0 Å².